The highest BCUT2D eigenvalue weighted by Gasteiger charge is 2.20. The number of carbonyl (C=O) groups excluding carboxylic acids is 1. The van der Waals surface area contributed by atoms with Crippen LogP contribution in [0.1, 0.15) is 30.5 Å². The molecule has 1 aliphatic heterocycles. The number of nitrogens with one attached hydrogen (secondary N) is 1. The number of pyridine rings is 1. The van der Waals surface area contributed by atoms with Crippen LogP contribution in [-0.2, 0) is 0 Å². The van der Waals surface area contributed by atoms with Crippen molar-refractivity contribution in [1.82, 2.24) is 15.2 Å². The number of rotatable bonds is 3. The van der Waals surface area contributed by atoms with Crippen LogP contribution in [0.2, 0.25) is 0 Å². The first-order chi connectivity index (χ1) is 11.6. The molecule has 1 aliphatic rings. The molecule has 2 heterocycles. The van der Waals surface area contributed by atoms with Gasteiger partial charge in [-0.05, 0) is 36.6 Å². The van der Waals surface area contributed by atoms with Crippen molar-refractivity contribution >= 4 is 11.6 Å². The molecule has 2 amide bonds. The van der Waals surface area contributed by atoms with E-state index in [0.29, 0.717) is 25.1 Å². The second kappa shape index (κ2) is 7.25. The molecule has 0 aliphatic carbocycles. The lowest BCUT2D eigenvalue weighted by atomic mass is 9.99. The number of hydrogen-bond donors (Lipinski definition) is 1. The summed E-state index contributed by atoms with van der Waals surface area (Å²) in [7, 11) is 0. The summed E-state index contributed by atoms with van der Waals surface area (Å²) in [6.45, 7) is 2.99. The predicted octanol–water partition coefficient (Wildman–Crippen LogP) is 3.78. The van der Waals surface area contributed by atoms with Crippen LogP contribution in [0.15, 0.2) is 54.9 Å². The molecule has 1 aromatic carbocycles. The lowest BCUT2D eigenvalue weighted by Gasteiger charge is -2.28. The van der Waals surface area contributed by atoms with Gasteiger partial charge in [0.1, 0.15) is 5.82 Å². The summed E-state index contributed by atoms with van der Waals surface area (Å²) >= 11 is 0. The maximum Gasteiger partial charge on any atom is 0.318 e. The van der Waals surface area contributed by atoms with Gasteiger partial charge in [0.15, 0.2) is 0 Å². The number of carbonyl (C=O) groups is 1. The summed E-state index contributed by atoms with van der Waals surface area (Å²) in [6, 6.07) is 10.3. The molecular formula is C19H20FN3O. The normalized spacial score (nSPS) is 15.6. The molecule has 0 saturated carbocycles. The minimum atomic E-state index is -0.216. The van der Waals surface area contributed by atoms with Crippen molar-refractivity contribution < 1.29 is 9.18 Å². The van der Waals surface area contributed by atoms with Gasteiger partial charge in [-0.1, -0.05) is 30.3 Å². The van der Waals surface area contributed by atoms with E-state index >= 15 is 0 Å². The molecule has 0 spiro atoms. The predicted molar refractivity (Wildman–Crippen MR) is 91.8 cm³/mol. The zero-order valence-electron chi connectivity index (χ0n) is 13.6. The Morgan fingerprint density at radius 3 is 2.79 bits per heavy atom. The molecule has 0 radical (unpaired) electrons. The number of hydrogen-bond acceptors (Lipinski definition) is 2. The molecule has 5 heteroatoms. The van der Waals surface area contributed by atoms with Gasteiger partial charge < -0.3 is 10.2 Å². The van der Waals surface area contributed by atoms with Crippen LogP contribution in [-0.4, -0.2) is 29.0 Å². The Labute approximate surface area is 141 Å². The zero-order valence-corrected chi connectivity index (χ0v) is 13.6. The summed E-state index contributed by atoms with van der Waals surface area (Å²) in [5.41, 5.74) is 2.55. The van der Waals surface area contributed by atoms with E-state index in [-0.39, 0.29) is 17.9 Å². The standard InChI is InChI=1S/C19H20FN3O/c1-14(16-5-4-10-21-13-16)22-19(24)23-11-8-15(9-12-23)17-6-2-3-7-18(17)20/h2-8,10,13-14H,9,11-12H2,1H3,(H,22,24)/t14-/m0/s1. The molecule has 24 heavy (non-hydrogen) atoms. The van der Waals surface area contributed by atoms with E-state index in [1.54, 1.807) is 29.4 Å². The third-order valence-electron chi connectivity index (χ3n) is 4.24. The molecule has 0 fully saturated rings. The van der Waals surface area contributed by atoms with Gasteiger partial charge in [0, 0.05) is 31.0 Å². The third kappa shape index (κ3) is 3.62. The topological polar surface area (TPSA) is 45.2 Å². The zero-order chi connectivity index (χ0) is 16.9. The maximum atomic E-state index is 13.8. The molecule has 1 N–H and O–H groups in total. The minimum Gasteiger partial charge on any atom is -0.331 e. The molecule has 2 aromatic rings. The molecule has 4 nitrogen and oxygen atoms in total. The van der Waals surface area contributed by atoms with Crippen molar-refractivity contribution in [2.75, 3.05) is 13.1 Å². The molecule has 0 bridgehead atoms. The second-order valence-electron chi connectivity index (χ2n) is 5.86. The van der Waals surface area contributed by atoms with E-state index in [0.717, 1.165) is 11.1 Å². The van der Waals surface area contributed by atoms with Crippen molar-refractivity contribution in [3.8, 4) is 0 Å². The quantitative estimate of drug-likeness (QED) is 0.933. The Hall–Kier alpha value is -2.69. The van der Waals surface area contributed by atoms with Gasteiger partial charge in [-0.15, -0.1) is 0 Å². The van der Waals surface area contributed by atoms with Crippen molar-refractivity contribution in [1.29, 1.82) is 0 Å². The van der Waals surface area contributed by atoms with Gasteiger partial charge in [0.25, 0.3) is 0 Å². The van der Waals surface area contributed by atoms with Gasteiger partial charge in [0.05, 0.1) is 6.04 Å². The Morgan fingerprint density at radius 2 is 2.12 bits per heavy atom. The van der Waals surface area contributed by atoms with Gasteiger partial charge in [-0.25, -0.2) is 9.18 Å². The summed E-state index contributed by atoms with van der Waals surface area (Å²) in [6.07, 6.45) is 6.03. The van der Waals surface area contributed by atoms with Crippen molar-refractivity contribution in [2.24, 2.45) is 0 Å². The Balaban J connectivity index is 1.62. The SMILES string of the molecule is C[C@H](NC(=O)N1CC=C(c2ccccc2F)CC1)c1cccnc1. The molecule has 1 aromatic heterocycles. The van der Waals surface area contributed by atoms with Crippen LogP contribution < -0.4 is 5.32 Å². The van der Waals surface area contributed by atoms with Gasteiger partial charge in [-0.2, -0.15) is 0 Å². The van der Waals surface area contributed by atoms with E-state index in [1.807, 2.05) is 31.2 Å². The Morgan fingerprint density at radius 1 is 1.29 bits per heavy atom. The Bertz CT molecular complexity index is 745. The average molecular weight is 325 g/mol. The van der Waals surface area contributed by atoms with Crippen LogP contribution in [0, 0.1) is 5.82 Å². The fraction of sp³-hybridized carbons (Fsp3) is 0.263. The number of halogens is 1. The van der Waals surface area contributed by atoms with Crippen LogP contribution in [0.25, 0.3) is 5.57 Å². The highest BCUT2D eigenvalue weighted by molar-refractivity contribution is 5.77. The van der Waals surface area contributed by atoms with Gasteiger partial charge in [-0.3, -0.25) is 4.98 Å². The van der Waals surface area contributed by atoms with Crippen LogP contribution in [0.3, 0.4) is 0 Å². The van der Waals surface area contributed by atoms with E-state index in [9.17, 15) is 9.18 Å². The summed E-state index contributed by atoms with van der Waals surface area (Å²) in [4.78, 5) is 18.2. The molecular weight excluding hydrogens is 305 g/mol. The molecule has 124 valence electrons. The summed E-state index contributed by atoms with van der Waals surface area (Å²) in [5.74, 6) is -0.216. The van der Waals surface area contributed by atoms with E-state index in [1.165, 1.54) is 6.07 Å². The van der Waals surface area contributed by atoms with Crippen LogP contribution in [0.5, 0.6) is 0 Å². The van der Waals surface area contributed by atoms with E-state index in [4.69, 9.17) is 0 Å². The third-order valence-corrected chi connectivity index (χ3v) is 4.24. The second-order valence-corrected chi connectivity index (χ2v) is 5.86. The van der Waals surface area contributed by atoms with Crippen LogP contribution >= 0.6 is 0 Å². The molecule has 1 atom stereocenters. The van der Waals surface area contributed by atoms with E-state index < -0.39 is 0 Å². The van der Waals surface area contributed by atoms with E-state index in [2.05, 4.69) is 10.3 Å². The fourth-order valence-corrected chi connectivity index (χ4v) is 2.81. The maximum absolute atomic E-state index is 13.8. The molecule has 0 unspecified atom stereocenters. The monoisotopic (exact) mass is 325 g/mol. The minimum absolute atomic E-state index is 0.108. The Kier molecular flexibility index (Phi) is 4.89. The number of benzene rings is 1. The fourth-order valence-electron chi connectivity index (χ4n) is 2.81. The lowest BCUT2D eigenvalue weighted by Crippen LogP contribution is -2.43. The average Bonchev–Trinajstić information content (AvgIpc) is 2.63. The summed E-state index contributed by atoms with van der Waals surface area (Å²) in [5, 5.41) is 2.98. The number of nitrogens with zero attached hydrogens (tertiary/aromatic N) is 2. The largest absolute Gasteiger partial charge is 0.331 e. The number of urea groups is 1. The first-order valence-electron chi connectivity index (χ1n) is 8.04. The lowest BCUT2D eigenvalue weighted by molar-refractivity contribution is 0.199. The number of amides is 2. The van der Waals surface area contributed by atoms with Crippen LogP contribution in [0.4, 0.5) is 9.18 Å². The summed E-state index contributed by atoms with van der Waals surface area (Å²) < 4.78 is 13.8. The van der Waals surface area contributed by atoms with Gasteiger partial charge >= 0.3 is 6.03 Å². The molecule has 3 rings (SSSR count). The first-order valence-corrected chi connectivity index (χ1v) is 8.04. The van der Waals surface area contributed by atoms with Crippen molar-refractivity contribution in [3.63, 3.8) is 0 Å². The first kappa shape index (κ1) is 16.2. The number of aromatic nitrogens is 1. The van der Waals surface area contributed by atoms with Crippen molar-refractivity contribution in [2.45, 2.75) is 19.4 Å². The smallest absolute Gasteiger partial charge is 0.318 e. The highest BCUT2D eigenvalue weighted by atomic mass is 19.1. The highest BCUT2D eigenvalue weighted by Crippen LogP contribution is 2.24. The van der Waals surface area contributed by atoms with Gasteiger partial charge in [0.2, 0.25) is 0 Å². The molecule has 0 saturated heterocycles. The van der Waals surface area contributed by atoms with Crippen molar-refractivity contribution in [3.05, 3.63) is 71.8 Å².